The molecule has 0 rings (SSSR count). The van der Waals surface area contributed by atoms with Gasteiger partial charge in [-0.1, -0.05) is 5.92 Å². The molecular weight excluding hydrogens is 204 g/mol. The van der Waals surface area contributed by atoms with Crippen molar-refractivity contribution in [2.75, 3.05) is 60.2 Å². The van der Waals surface area contributed by atoms with E-state index in [0.29, 0.717) is 6.54 Å². The first-order valence-electron chi connectivity index (χ1n) is 5.69. The van der Waals surface area contributed by atoms with Gasteiger partial charge in [-0.2, -0.15) is 0 Å². The highest BCUT2D eigenvalue weighted by atomic mass is 16.5. The fraction of sp³-hybridized carbons (Fsp3) is 0.833. The molecule has 0 amide bonds. The van der Waals surface area contributed by atoms with Gasteiger partial charge in [0.25, 0.3) is 0 Å². The van der Waals surface area contributed by atoms with Gasteiger partial charge in [0.1, 0.15) is 0 Å². The highest BCUT2D eigenvalue weighted by Gasteiger charge is 2.03. The Kier molecular flexibility index (Phi) is 12.0. The predicted octanol–water partition coefficient (Wildman–Crippen LogP) is 0.194. The summed E-state index contributed by atoms with van der Waals surface area (Å²) in [4.78, 5) is 2.35. The molecule has 0 bridgehead atoms. The van der Waals surface area contributed by atoms with Gasteiger partial charge in [0, 0.05) is 47.0 Å². The van der Waals surface area contributed by atoms with E-state index in [1.54, 1.807) is 14.2 Å². The molecule has 0 aromatic heterocycles. The van der Waals surface area contributed by atoms with Gasteiger partial charge in [0.2, 0.25) is 0 Å². The summed E-state index contributed by atoms with van der Waals surface area (Å²) in [5.74, 6) is 2.56. The van der Waals surface area contributed by atoms with E-state index in [1.807, 2.05) is 0 Å². The van der Waals surface area contributed by atoms with Crippen molar-refractivity contribution in [3.8, 4) is 12.3 Å². The van der Waals surface area contributed by atoms with Gasteiger partial charge in [-0.25, -0.2) is 0 Å². The van der Waals surface area contributed by atoms with Crippen LogP contribution in [0.25, 0.3) is 0 Å². The maximum absolute atomic E-state index is 5.16. The Hall–Kier alpha value is -0.600. The fourth-order valence-electron chi connectivity index (χ4n) is 1.39. The molecule has 0 aliphatic carbocycles. The quantitative estimate of drug-likeness (QED) is 0.404. The lowest BCUT2D eigenvalue weighted by Gasteiger charge is -2.21. The molecule has 0 unspecified atom stereocenters. The third-order valence-corrected chi connectivity index (χ3v) is 2.27. The van der Waals surface area contributed by atoms with E-state index in [9.17, 15) is 0 Å². The highest BCUT2D eigenvalue weighted by molar-refractivity contribution is 4.86. The Morgan fingerprint density at radius 2 is 1.88 bits per heavy atom. The van der Waals surface area contributed by atoms with Crippen molar-refractivity contribution in [3.63, 3.8) is 0 Å². The molecule has 0 aromatic rings. The van der Waals surface area contributed by atoms with Crippen LogP contribution >= 0.6 is 0 Å². The Morgan fingerprint density at radius 3 is 2.50 bits per heavy atom. The van der Waals surface area contributed by atoms with Crippen molar-refractivity contribution in [3.05, 3.63) is 0 Å². The number of terminal acetylenes is 1. The Balaban J connectivity index is 3.59. The normalized spacial score (nSPS) is 10.6. The summed E-state index contributed by atoms with van der Waals surface area (Å²) in [5, 5.41) is 3.18. The summed E-state index contributed by atoms with van der Waals surface area (Å²) < 4.78 is 10.1. The van der Waals surface area contributed by atoms with Gasteiger partial charge in [-0.15, -0.1) is 6.42 Å². The van der Waals surface area contributed by atoms with E-state index in [1.165, 1.54) is 0 Å². The average Bonchev–Trinajstić information content (AvgIpc) is 2.31. The van der Waals surface area contributed by atoms with Crippen LogP contribution in [0.4, 0.5) is 0 Å². The number of hydrogen-bond donors (Lipinski definition) is 1. The third kappa shape index (κ3) is 9.94. The van der Waals surface area contributed by atoms with Gasteiger partial charge in [-0.05, 0) is 6.42 Å². The van der Waals surface area contributed by atoms with Crippen LogP contribution in [0.3, 0.4) is 0 Å². The zero-order valence-corrected chi connectivity index (χ0v) is 10.5. The van der Waals surface area contributed by atoms with Crippen LogP contribution in [-0.2, 0) is 9.47 Å². The minimum absolute atomic E-state index is 0.635. The summed E-state index contributed by atoms with van der Waals surface area (Å²) in [7, 11) is 3.46. The predicted molar refractivity (Wildman–Crippen MR) is 66.5 cm³/mol. The molecule has 0 saturated heterocycles. The number of ether oxygens (including phenoxy) is 2. The minimum Gasteiger partial charge on any atom is -0.385 e. The molecule has 4 nitrogen and oxygen atoms in total. The Bertz CT molecular complexity index is 180. The molecule has 0 aromatic carbocycles. The molecule has 1 N–H and O–H groups in total. The fourth-order valence-corrected chi connectivity index (χ4v) is 1.39. The van der Waals surface area contributed by atoms with Crippen molar-refractivity contribution in [2.24, 2.45) is 0 Å². The molecule has 0 spiro atoms. The van der Waals surface area contributed by atoms with Gasteiger partial charge in [0.05, 0.1) is 13.2 Å². The van der Waals surface area contributed by atoms with Crippen molar-refractivity contribution in [1.82, 2.24) is 10.2 Å². The summed E-state index contributed by atoms with van der Waals surface area (Å²) in [6, 6.07) is 0. The molecule has 4 heteroatoms. The van der Waals surface area contributed by atoms with Crippen molar-refractivity contribution < 1.29 is 9.47 Å². The Labute approximate surface area is 99.3 Å². The first-order chi connectivity index (χ1) is 7.85. The second-order valence-corrected chi connectivity index (χ2v) is 3.56. The van der Waals surface area contributed by atoms with Crippen LogP contribution in [0.15, 0.2) is 0 Å². The van der Waals surface area contributed by atoms with Gasteiger partial charge >= 0.3 is 0 Å². The molecular formula is C12H24N2O2. The van der Waals surface area contributed by atoms with Crippen LogP contribution in [-0.4, -0.2) is 65.1 Å². The van der Waals surface area contributed by atoms with Crippen LogP contribution < -0.4 is 5.32 Å². The summed E-state index contributed by atoms with van der Waals surface area (Å²) in [6.07, 6.45) is 6.21. The zero-order valence-electron chi connectivity index (χ0n) is 10.5. The smallest absolute Gasteiger partial charge is 0.0589 e. The molecule has 94 valence electrons. The van der Waals surface area contributed by atoms with Gasteiger partial charge < -0.3 is 14.8 Å². The molecule has 0 heterocycles. The Morgan fingerprint density at radius 1 is 1.12 bits per heavy atom. The van der Waals surface area contributed by atoms with Gasteiger partial charge in [0.15, 0.2) is 0 Å². The number of rotatable bonds is 11. The number of nitrogens with one attached hydrogen (secondary N) is 1. The highest BCUT2D eigenvalue weighted by Crippen LogP contribution is 1.92. The first-order valence-corrected chi connectivity index (χ1v) is 5.69. The number of nitrogens with zero attached hydrogens (tertiary/aromatic N) is 1. The lowest BCUT2D eigenvalue weighted by Crippen LogP contribution is -2.35. The van der Waals surface area contributed by atoms with E-state index in [0.717, 1.165) is 45.8 Å². The van der Waals surface area contributed by atoms with Crippen molar-refractivity contribution in [1.29, 1.82) is 0 Å². The first kappa shape index (κ1) is 15.4. The molecule has 16 heavy (non-hydrogen) atoms. The largest absolute Gasteiger partial charge is 0.385 e. The summed E-state index contributed by atoms with van der Waals surface area (Å²) in [5.41, 5.74) is 0. The average molecular weight is 228 g/mol. The number of hydrogen-bond acceptors (Lipinski definition) is 4. The lowest BCUT2D eigenvalue weighted by molar-refractivity contribution is 0.133. The molecule has 0 radical (unpaired) electrons. The molecule has 0 aliphatic heterocycles. The maximum atomic E-state index is 5.16. The molecule has 0 aliphatic rings. The van der Waals surface area contributed by atoms with E-state index in [4.69, 9.17) is 15.9 Å². The summed E-state index contributed by atoms with van der Waals surface area (Å²) in [6.45, 7) is 6.11. The standard InChI is InChI=1S/C12H24N2O2/c1-4-6-13-7-9-14(10-12-16-3)8-5-11-15-2/h1,13H,5-12H2,2-3H3. The van der Waals surface area contributed by atoms with Crippen LogP contribution in [0, 0.1) is 12.3 Å². The summed E-state index contributed by atoms with van der Waals surface area (Å²) >= 11 is 0. The molecule has 0 fully saturated rings. The zero-order chi connectivity index (χ0) is 12.1. The third-order valence-electron chi connectivity index (χ3n) is 2.27. The monoisotopic (exact) mass is 228 g/mol. The van der Waals surface area contributed by atoms with E-state index < -0.39 is 0 Å². The second kappa shape index (κ2) is 12.5. The van der Waals surface area contributed by atoms with E-state index in [-0.39, 0.29) is 0 Å². The maximum Gasteiger partial charge on any atom is 0.0589 e. The lowest BCUT2D eigenvalue weighted by atomic mass is 10.3. The van der Waals surface area contributed by atoms with E-state index in [2.05, 4.69) is 16.1 Å². The van der Waals surface area contributed by atoms with Crippen molar-refractivity contribution in [2.45, 2.75) is 6.42 Å². The van der Waals surface area contributed by atoms with Crippen LogP contribution in [0.5, 0.6) is 0 Å². The van der Waals surface area contributed by atoms with Crippen LogP contribution in [0.2, 0.25) is 0 Å². The van der Waals surface area contributed by atoms with Gasteiger partial charge in [-0.3, -0.25) is 4.90 Å². The van der Waals surface area contributed by atoms with Crippen LogP contribution in [0.1, 0.15) is 6.42 Å². The van der Waals surface area contributed by atoms with Crippen molar-refractivity contribution >= 4 is 0 Å². The topological polar surface area (TPSA) is 33.7 Å². The number of methoxy groups -OCH3 is 2. The molecule has 0 atom stereocenters. The SMILES string of the molecule is C#CCNCCN(CCCOC)CCOC. The molecule has 0 saturated carbocycles. The second-order valence-electron chi connectivity index (χ2n) is 3.56. The van der Waals surface area contributed by atoms with E-state index >= 15 is 0 Å². The minimum atomic E-state index is 0.635.